The van der Waals surface area contributed by atoms with Crippen LogP contribution in [-0.2, 0) is 4.79 Å². The highest BCUT2D eigenvalue weighted by molar-refractivity contribution is 8.00. The third-order valence-corrected chi connectivity index (χ3v) is 6.03. The number of furan rings is 1. The number of thioether (sulfide) groups is 2. The molecule has 0 aliphatic rings. The standard InChI is InChI=1S/C22H16N4O2S2/c23-11-13-29-19-10-4-3-8-17(19)24-20(27)14-30-22-15-6-1-2-7-16(15)25-21(26-22)18-9-5-12-28-18/h1-10,12H,13-14H2,(H,24,27). The van der Waals surface area contributed by atoms with Crippen molar-refractivity contribution in [1.29, 1.82) is 5.26 Å². The number of aromatic nitrogens is 2. The molecule has 1 amide bonds. The van der Waals surface area contributed by atoms with Crippen molar-refractivity contribution < 1.29 is 9.21 Å². The zero-order valence-corrected chi connectivity index (χ0v) is 17.4. The van der Waals surface area contributed by atoms with E-state index in [4.69, 9.17) is 9.68 Å². The minimum absolute atomic E-state index is 0.146. The molecule has 1 N–H and O–H groups in total. The smallest absolute Gasteiger partial charge is 0.234 e. The van der Waals surface area contributed by atoms with Crippen LogP contribution in [0.15, 0.2) is 81.3 Å². The van der Waals surface area contributed by atoms with Gasteiger partial charge in [-0.25, -0.2) is 9.97 Å². The lowest BCUT2D eigenvalue weighted by Crippen LogP contribution is -2.14. The fraction of sp³-hybridized carbons (Fsp3) is 0.0909. The topological polar surface area (TPSA) is 91.8 Å². The first-order valence-corrected chi connectivity index (χ1v) is 11.0. The molecule has 0 unspecified atom stereocenters. The Bertz CT molecular complexity index is 1220. The molecule has 2 heterocycles. The van der Waals surface area contributed by atoms with E-state index in [2.05, 4.69) is 21.4 Å². The Morgan fingerprint density at radius 2 is 1.87 bits per heavy atom. The number of para-hydroxylation sites is 2. The van der Waals surface area contributed by atoms with Crippen LogP contribution in [0.25, 0.3) is 22.5 Å². The summed E-state index contributed by atoms with van der Waals surface area (Å²) in [6.45, 7) is 0. The van der Waals surface area contributed by atoms with Gasteiger partial charge < -0.3 is 9.73 Å². The van der Waals surface area contributed by atoms with Crippen molar-refractivity contribution in [2.45, 2.75) is 9.92 Å². The monoisotopic (exact) mass is 432 g/mol. The van der Waals surface area contributed by atoms with Crippen LogP contribution in [0.2, 0.25) is 0 Å². The minimum Gasteiger partial charge on any atom is -0.461 e. The molecule has 0 fully saturated rings. The number of carbonyl (C=O) groups is 1. The first-order chi connectivity index (χ1) is 14.7. The van der Waals surface area contributed by atoms with Crippen molar-refractivity contribution in [3.8, 4) is 17.7 Å². The molecule has 4 aromatic rings. The highest BCUT2D eigenvalue weighted by Crippen LogP contribution is 2.30. The summed E-state index contributed by atoms with van der Waals surface area (Å²) in [5.41, 5.74) is 1.49. The Labute approximate surface area is 181 Å². The number of benzene rings is 2. The molecule has 30 heavy (non-hydrogen) atoms. The molecule has 0 saturated heterocycles. The van der Waals surface area contributed by atoms with Crippen LogP contribution >= 0.6 is 23.5 Å². The molecule has 0 bridgehead atoms. The van der Waals surface area contributed by atoms with Gasteiger partial charge in [0.05, 0.1) is 35.0 Å². The number of rotatable bonds is 7. The van der Waals surface area contributed by atoms with E-state index in [0.717, 1.165) is 15.8 Å². The molecule has 4 rings (SSSR count). The molecule has 0 saturated carbocycles. The summed E-state index contributed by atoms with van der Waals surface area (Å²) in [5, 5.41) is 13.3. The van der Waals surface area contributed by atoms with Crippen molar-refractivity contribution >= 4 is 46.0 Å². The molecule has 0 aliphatic heterocycles. The van der Waals surface area contributed by atoms with Gasteiger partial charge in [0, 0.05) is 10.3 Å². The molecular formula is C22H16N4O2S2. The molecule has 0 spiro atoms. The van der Waals surface area contributed by atoms with Gasteiger partial charge >= 0.3 is 0 Å². The largest absolute Gasteiger partial charge is 0.461 e. The minimum atomic E-state index is -0.146. The van der Waals surface area contributed by atoms with E-state index in [1.165, 1.54) is 23.5 Å². The Kier molecular flexibility index (Phi) is 6.32. The van der Waals surface area contributed by atoms with Gasteiger partial charge in [-0.2, -0.15) is 5.26 Å². The van der Waals surface area contributed by atoms with Crippen molar-refractivity contribution in [3.05, 3.63) is 66.9 Å². The highest BCUT2D eigenvalue weighted by Gasteiger charge is 2.14. The molecule has 2 aromatic carbocycles. The number of nitriles is 1. The summed E-state index contributed by atoms with van der Waals surface area (Å²) < 4.78 is 5.43. The lowest BCUT2D eigenvalue weighted by atomic mass is 10.2. The molecular weight excluding hydrogens is 416 g/mol. The third kappa shape index (κ3) is 4.64. The summed E-state index contributed by atoms with van der Waals surface area (Å²) in [7, 11) is 0. The van der Waals surface area contributed by atoms with Crippen LogP contribution in [-0.4, -0.2) is 27.4 Å². The molecule has 8 heteroatoms. The van der Waals surface area contributed by atoms with Crippen LogP contribution in [0, 0.1) is 11.3 Å². The average Bonchev–Trinajstić information content (AvgIpc) is 3.32. The second-order valence-corrected chi connectivity index (χ2v) is 8.11. The summed E-state index contributed by atoms with van der Waals surface area (Å²) in [6.07, 6.45) is 1.58. The van der Waals surface area contributed by atoms with E-state index in [-0.39, 0.29) is 11.7 Å². The zero-order valence-electron chi connectivity index (χ0n) is 15.7. The number of carbonyl (C=O) groups excluding carboxylic acids is 1. The lowest BCUT2D eigenvalue weighted by Gasteiger charge is -2.10. The maximum Gasteiger partial charge on any atom is 0.234 e. The fourth-order valence-electron chi connectivity index (χ4n) is 2.80. The average molecular weight is 433 g/mol. The number of amides is 1. The highest BCUT2D eigenvalue weighted by atomic mass is 32.2. The third-order valence-electron chi connectivity index (χ3n) is 4.10. The van der Waals surface area contributed by atoms with Crippen molar-refractivity contribution in [2.75, 3.05) is 16.8 Å². The number of fused-ring (bicyclic) bond motifs is 1. The Morgan fingerprint density at radius 3 is 2.70 bits per heavy atom. The molecule has 0 aliphatic carbocycles. The van der Waals surface area contributed by atoms with Gasteiger partial charge in [-0.3, -0.25) is 4.79 Å². The summed E-state index contributed by atoms with van der Waals surface area (Å²) in [4.78, 5) is 22.6. The maximum atomic E-state index is 12.6. The molecule has 6 nitrogen and oxygen atoms in total. The van der Waals surface area contributed by atoms with Gasteiger partial charge in [0.25, 0.3) is 0 Å². The SMILES string of the molecule is N#CCSc1ccccc1NC(=O)CSc1nc(-c2ccco2)nc2ccccc12. The first-order valence-electron chi connectivity index (χ1n) is 9.06. The number of anilines is 1. The van der Waals surface area contributed by atoms with Gasteiger partial charge in [0.15, 0.2) is 11.6 Å². The first kappa shape index (κ1) is 20.0. The van der Waals surface area contributed by atoms with Gasteiger partial charge in [-0.15, -0.1) is 11.8 Å². The van der Waals surface area contributed by atoms with E-state index in [0.29, 0.717) is 28.1 Å². The Hall–Kier alpha value is -3.28. The van der Waals surface area contributed by atoms with Crippen LogP contribution in [0.1, 0.15) is 0 Å². The quantitative estimate of drug-likeness (QED) is 0.315. The van der Waals surface area contributed by atoms with Crippen LogP contribution in [0.4, 0.5) is 5.69 Å². The van der Waals surface area contributed by atoms with Gasteiger partial charge in [-0.1, -0.05) is 42.1 Å². The summed E-state index contributed by atoms with van der Waals surface area (Å²) in [6, 6.07) is 20.8. The van der Waals surface area contributed by atoms with E-state index in [1.54, 1.807) is 18.4 Å². The molecule has 0 radical (unpaired) electrons. The van der Waals surface area contributed by atoms with Gasteiger partial charge in [0.2, 0.25) is 5.91 Å². The van der Waals surface area contributed by atoms with Crippen LogP contribution in [0.3, 0.4) is 0 Å². The van der Waals surface area contributed by atoms with Gasteiger partial charge in [-0.05, 0) is 30.3 Å². The van der Waals surface area contributed by atoms with Crippen LogP contribution < -0.4 is 5.32 Å². The summed E-state index contributed by atoms with van der Waals surface area (Å²) in [5.74, 6) is 1.43. The van der Waals surface area contributed by atoms with Crippen LogP contribution in [0.5, 0.6) is 0 Å². The summed E-state index contributed by atoms with van der Waals surface area (Å²) >= 11 is 2.74. The number of hydrogen-bond acceptors (Lipinski definition) is 7. The second-order valence-electron chi connectivity index (χ2n) is 6.13. The van der Waals surface area contributed by atoms with E-state index in [9.17, 15) is 4.79 Å². The predicted molar refractivity (Wildman–Crippen MR) is 119 cm³/mol. The number of hydrogen-bond donors (Lipinski definition) is 1. The number of nitrogens with one attached hydrogen (secondary N) is 1. The Balaban J connectivity index is 1.53. The lowest BCUT2D eigenvalue weighted by molar-refractivity contribution is -0.113. The van der Waals surface area contributed by atoms with E-state index >= 15 is 0 Å². The number of nitrogens with zero attached hydrogens (tertiary/aromatic N) is 3. The van der Waals surface area contributed by atoms with Crippen molar-refractivity contribution in [3.63, 3.8) is 0 Å². The van der Waals surface area contributed by atoms with Crippen molar-refractivity contribution in [2.24, 2.45) is 0 Å². The predicted octanol–water partition coefficient (Wildman–Crippen LogP) is 5.24. The van der Waals surface area contributed by atoms with E-state index < -0.39 is 0 Å². The molecule has 2 aromatic heterocycles. The zero-order chi connectivity index (χ0) is 20.8. The van der Waals surface area contributed by atoms with Crippen molar-refractivity contribution in [1.82, 2.24) is 9.97 Å². The van der Waals surface area contributed by atoms with Gasteiger partial charge in [0.1, 0.15) is 5.03 Å². The maximum absolute atomic E-state index is 12.6. The fourth-order valence-corrected chi connectivity index (χ4v) is 4.29. The second kappa shape index (κ2) is 9.48. The Morgan fingerprint density at radius 1 is 1.03 bits per heavy atom. The molecule has 0 atom stereocenters. The van der Waals surface area contributed by atoms with E-state index in [1.807, 2.05) is 48.5 Å². The normalized spacial score (nSPS) is 10.6. The molecule has 148 valence electrons.